The van der Waals surface area contributed by atoms with Gasteiger partial charge in [0.25, 0.3) is 5.56 Å². The zero-order chi connectivity index (χ0) is 18.7. The first kappa shape index (κ1) is 18.1. The van der Waals surface area contributed by atoms with E-state index in [9.17, 15) is 22.8 Å². The van der Waals surface area contributed by atoms with Crippen LogP contribution in [0.2, 0.25) is 0 Å². The van der Waals surface area contributed by atoms with E-state index in [-0.39, 0.29) is 24.2 Å². The molecule has 0 radical (unpaired) electrons. The molecule has 1 amide bonds. The molecule has 0 unspecified atom stereocenters. The van der Waals surface area contributed by atoms with Crippen LogP contribution < -0.4 is 5.56 Å². The summed E-state index contributed by atoms with van der Waals surface area (Å²) in [6.45, 7) is -0.410. The third-order valence-electron chi connectivity index (χ3n) is 4.14. The van der Waals surface area contributed by atoms with Crippen LogP contribution in [0.1, 0.15) is 22.9 Å². The van der Waals surface area contributed by atoms with E-state index in [0.717, 1.165) is 0 Å². The summed E-state index contributed by atoms with van der Waals surface area (Å²) in [6.07, 6.45) is -5.28. The normalized spacial score (nSPS) is 15.4. The van der Waals surface area contributed by atoms with E-state index in [4.69, 9.17) is 4.74 Å². The summed E-state index contributed by atoms with van der Waals surface area (Å²) in [5, 5.41) is 0. The third-order valence-corrected chi connectivity index (χ3v) is 4.14. The van der Waals surface area contributed by atoms with E-state index in [1.165, 1.54) is 35.5 Å². The summed E-state index contributed by atoms with van der Waals surface area (Å²) in [6, 6.07) is 7.15. The van der Waals surface area contributed by atoms with Crippen molar-refractivity contribution in [1.29, 1.82) is 0 Å². The highest BCUT2D eigenvalue weighted by atomic mass is 19.4. The molecule has 1 aromatic heterocycles. The number of ether oxygens (including phenoxy) is 1. The summed E-state index contributed by atoms with van der Waals surface area (Å²) < 4.78 is 44.6. The third kappa shape index (κ3) is 3.93. The minimum atomic E-state index is -4.63. The zero-order valence-electron chi connectivity index (χ0n) is 13.6. The summed E-state index contributed by atoms with van der Waals surface area (Å²) in [5.74, 6) is -0.581. The van der Waals surface area contributed by atoms with E-state index < -0.39 is 24.8 Å². The Hall–Kier alpha value is -2.68. The summed E-state index contributed by atoms with van der Waals surface area (Å²) in [4.78, 5) is 31.8. The van der Waals surface area contributed by atoms with Crippen molar-refractivity contribution in [2.75, 3.05) is 13.2 Å². The van der Waals surface area contributed by atoms with Crippen LogP contribution >= 0.6 is 0 Å². The smallest absolute Gasteiger partial charge is 0.354 e. The first-order valence-corrected chi connectivity index (χ1v) is 7.92. The molecule has 1 atom stereocenters. The number of fused-ring (bicyclic) bond motifs is 1. The number of carbonyl (C=O) groups is 1. The number of halogens is 3. The van der Waals surface area contributed by atoms with Gasteiger partial charge in [-0.3, -0.25) is 9.59 Å². The summed E-state index contributed by atoms with van der Waals surface area (Å²) >= 11 is 0. The molecule has 3 rings (SSSR count). The quantitative estimate of drug-likeness (QED) is 0.897. The second-order valence-electron chi connectivity index (χ2n) is 5.87. The lowest BCUT2D eigenvalue weighted by atomic mass is 10.1. The molecule has 1 aromatic carbocycles. The van der Waals surface area contributed by atoms with Crippen molar-refractivity contribution >= 4 is 5.91 Å². The molecule has 1 N–H and O–H groups in total. The van der Waals surface area contributed by atoms with Crippen LogP contribution in [0.4, 0.5) is 13.2 Å². The SMILES string of the molecule is O=C(CO[C@H](c1ccccc1)C(F)(F)F)N1CCc2c(nc[nH]c2=O)C1. The number of amides is 1. The van der Waals surface area contributed by atoms with Crippen molar-refractivity contribution in [3.8, 4) is 0 Å². The molecule has 0 aliphatic carbocycles. The second kappa shape index (κ2) is 7.28. The van der Waals surface area contributed by atoms with Gasteiger partial charge in [0.2, 0.25) is 5.91 Å². The van der Waals surface area contributed by atoms with E-state index in [1.807, 2.05) is 0 Å². The Morgan fingerprint density at radius 3 is 2.73 bits per heavy atom. The van der Waals surface area contributed by atoms with Crippen LogP contribution in [0, 0.1) is 0 Å². The maximum Gasteiger partial charge on any atom is 0.418 e. The number of hydrogen-bond donors (Lipinski definition) is 1. The largest absolute Gasteiger partial charge is 0.418 e. The first-order chi connectivity index (χ1) is 12.4. The molecular weight excluding hydrogens is 351 g/mol. The number of benzene rings is 1. The number of carbonyl (C=O) groups excluding carboxylic acids is 1. The van der Waals surface area contributed by atoms with Crippen molar-refractivity contribution < 1.29 is 22.7 Å². The fourth-order valence-corrected chi connectivity index (χ4v) is 2.83. The molecule has 1 aliphatic rings. The van der Waals surface area contributed by atoms with E-state index in [0.29, 0.717) is 17.7 Å². The highest BCUT2D eigenvalue weighted by molar-refractivity contribution is 5.77. The Morgan fingerprint density at radius 2 is 2.04 bits per heavy atom. The van der Waals surface area contributed by atoms with E-state index in [1.54, 1.807) is 6.07 Å². The lowest BCUT2D eigenvalue weighted by Crippen LogP contribution is -2.41. The van der Waals surface area contributed by atoms with Crippen molar-refractivity contribution in [3.05, 3.63) is 63.8 Å². The van der Waals surface area contributed by atoms with Crippen molar-refractivity contribution in [2.45, 2.75) is 25.2 Å². The summed E-state index contributed by atoms with van der Waals surface area (Å²) in [5.41, 5.74) is 0.614. The Labute approximate surface area is 146 Å². The zero-order valence-corrected chi connectivity index (χ0v) is 13.6. The molecule has 0 saturated carbocycles. The molecule has 0 bridgehead atoms. The molecule has 26 heavy (non-hydrogen) atoms. The van der Waals surface area contributed by atoms with Gasteiger partial charge in [0.15, 0.2) is 6.10 Å². The number of hydrogen-bond acceptors (Lipinski definition) is 4. The number of H-pyrrole nitrogens is 1. The van der Waals surface area contributed by atoms with Gasteiger partial charge in [0.1, 0.15) is 6.61 Å². The second-order valence-corrected chi connectivity index (χ2v) is 5.87. The molecule has 2 heterocycles. The molecule has 9 heteroatoms. The fraction of sp³-hybridized carbons (Fsp3) is 0.353. The van der Waals surface area contributed by atoms with Gasteiger partial charge in [-0.05, 0) is 12.0 Å². The number of alkyl halides is 3. The average Bonchev–Trinajstić information content (AvgIpc) is 2.61. The maximum absolute atomic E-state index is 13.2. The van der Waals surface area contributed by atoms with Gasteiger partial charge >= 0.3 is 6.18 Å². The molecular formula is C17H16F3N3O3. The Balaban J connectivity index is 1.67. The topological polar surface area (TPSA) is 75.3 Å². The van der Waals surface area contributed by atoms with Crippen LogP contribution in [-0.2, 0) is 22.5 Å². The summed E-state index contributed by atoms with van der Waals surface area (Å²) in [7, 11) is 0. The van der Waals surface area contributed by atoms with Crippen LogP contribution in [0.3, 0.4) is 0 Å². The van der Waals surface area contributed by atoms with Crippen LogP contribution in [0.5, 0.6) is 0 Å². The van der Waals surface area contributed by atoms with Crippen molar-refractivity contribution in [3.63, 3.8) is 0 Å². The van der Waals surface area contributed by atoms with E-state index >= 15 is 0 Å². The molecule has 1 aliphatic heterocycles. The first-order valence-electron chi connectivity index (χ1n) is 7.92. The predicted octanol–water partition coefficient (Wildman–Crippen LogP) is 1.97. The maximum atomic E-state index is 13.2. The predicted molar refractivity (Wildman–Crippen MR) is 85.2 cm³/mol. The molecule has 0 spiro atoms. The van der Waals surface area contributed by atoms with Gasteiger partial charge in [-0.2, -0.15) is 13.2 Å². The monoisotopic (exact) mass is 367 g/mol. The number of nitrogens with one attached hydrogen (secondary N) is 1. The highest BCUT2D eigenvalue weighted by Gasteiger charge is 2.42. The number of nitrogens with zero attached hydrogens (tertiary/aromatic N) is 2. The molecule has 6 nitrogen and oxygen atoms in total. The van der Waals surface area contributed by atoms with E-state index in [2.05, 4.69) is 9.97 Å². The number of aromatic amines is 1. The Kier molecular flexibility index (Phi) is 5.08. The van der Waals surface area contributed by atoms with Crippen LogP contribution in [0.25, 0.3) is 0 Å². The molecule has 0 saturated heterocycles. The minimum absolute atomic E-state index is 0.0648. The van der Waals surface area contributed by atoms with Crippen molar-refractivity contribution in [1.82, 2.24) is 14.9 Å². The average molecular weight is 367 g/mol. The van der Waals surface area contributed by atoms with Gasteiger partial charge in [-0.15, -0.1) is 0 Å². The van der Waals surface area contributed by atoms with Crippen LogP contribution in [-0.4, -0.2) is 40.1 Å². The highest BCUT2D eigenvalue weighted by Crippen LogP contribution is 2.35. The van der Waals surface area contributed by atoms with Gasteiger partial charge < -0.3 is 14.6 Å². The Bertz CT molecular complexity index is 836. The Morgan fingerprint density at radius 1 is 1.31 bits per heavy atom. The van der Waals surface area contributed by atoms with Gasteiger partial charge in [-0.25, -0.2) is 4.98 Å². The van der Waals surface area contributed by atoms with Crippen molar-refractivity contribution in [2.24, 2.45) is 0 Å². The lowest BCUT2D eigenvalue weighted by molar-refractivity contribution is -0.224. The lowest BCUT2D eigenvalue weighted by Gasteiger charge is -2.28. The van der Waals surface area contributed by atoms with Gasteiger partial charge in [0, 0.05) is 12.1 Å². The van der Waals surface area contributed by atoms with Gasteiger partial charge in [0.05, 0.1) is 18.6 Å². The molecule has 2 aromatic rings. The molecule has 0 fully saturated rings. The standard InChI is InChI=1S/C17H16F3N3O3/c18-17(19,20)15(11-4-2-1-3-5-11)26-9-14(24)23-7-6-12-13(8-23)21-10-22-16(12)25/h1-5,10,15H,6-9H2,(H,21,22,25)/t15-/m1/s1. The minimum Gasteiger partial charge on any atom is -0.354 e. The molecule has 138 valence electrons. The van der Waals surface area contributed by atoms with Crippen LogP contribution in [0.15, 0.2) is 41.5 Å². The van der Waals surface area contributed by atoms with Gasteiger partial charge in [-0.1, -0.05) is 30.3 Å². The fourth-order valence-electron chi connectivity index (χ4n) is 2.83. The number of aromatic nitrogens is 2. The number of rotatable bonds is 4.